The van der Waals surface area contributed by atoms with Crippen LogP contribution < -0.4 is 0 Å². The van der Waals surface area contributed by atoms with Gasteiger partial charge in [0.25, 0.3) is 0 Å². The smallest absolute Gasteiger partial charge is 0.129 e. The van der Waals surface area contributed by atoms with E-state index in [0.717, 1.165) is 22.4 Å². The molecule has 1 aromatic rings. The van der Waals surface area contributed by atoms with E-state index >= 15 is 0 Å². The zero-order valence-corrected chi connectivity index (χ0v) is 8.00. The lowest BCUT2D eigenvalue weighted by Gasteiger charge is -1.94. The Kier molecular flexibility index (Phi) is 3.05. The highest BCUT2D eigenvalue weighted by molar-refractivity contribution is 14.1. The quantitative estimate of drug-likeness (QED) is 0.591. The minimum atomic E-state index is 0.953. The highest BCUT2D eigenvalue weighted by Gasteiger charge is 1.93. The molecule has 0 bridgehead atoms. The average molecular weight is 248 g/mol. The van der Waals surface area contributed by atoms with Crippen molar-refractivity contribution >= 4 is 22.6 Å². The molecule has 0 atom stereocenters. The Balaban J connectivity index is 2.75. The molecule has 0 N–H and O–H groups in total. The molecule has 0 amide bonds. The van der Waals surface area contributed by atoms with Gasteiger partial charge in [-0.1, -0.05) is 6.92 Å². The first-order valence-corrected chi connectivity index (χ1v) is 4.38. The fourth-order valence-corrected chi connectivity index (χ4v) is 1.16. The van der Waals surface area contributed by atoms with E-state index in [1.165, 1.54) is 0 Å². The monoisotopic (exact) mass is 248 g/mol. The molecule has 0 unspecified atom stereocenters. The van der Waals surface area contributed by atoms with Crippen LogP contribution in [0.25, 0.3) is 0 Å². The van der Waals surface area contributed by atoms with Gasteiger partial charge in [0, 0.05) is 12.6 Å². The maximum absolute atomic E-state index is 4.24. The molecule has 0 aliphatic carbocycles. The molecule has 0 saturated heterocycles. The molecule has 3 heteroatoms. The van der Waals surface area contributed by atoms with Gasteiger partial charge in [0.05, 0.1) is 0 Å². The van der Waals surface area contributed by atoms with Gasteiger partial charge >= 0.3 is 0 Å². The highest BCUT2D eigenvalue weighted by atomic mass is 127. The first-order chi connectivity index (χ1) is 4.83. The van der Waals surface area contributed by atoms with Crippen LogP contribution in [0, 0.1) is 3.70 Å². The van der Waals surface area contributed by atoms with E-state index in [4.69, 9.17) is 0 Å². The lowest BCUT2D eigenvalue weighted by atomic mass is 10.3. The van der Waals surface area contributed by atoms with Gasteiger partial charge < -0.3 is 0 Å². The van der Waals surface area contributed by atoms with Crippen LogP contribution in [-0.4, -0.2) is 9.97 Å². The van der Waals surface area contributed by atoms with Crippen molar-refractivity contribution in [3.63, 3.8) is 0 Å². The molecule has 1 rings (SSSR count). The topological polar surface area (TPSA) is 25.8 Å². The van der Waals surface area contributed by atoms with Crippen molar-refractivity contribution in [1.29, 1.82) is 0 Å². The summed E-state index contributed by atoms with van der Waals surface area (Å²) in [6, 6.07) is 1.90. The summed E-state index contributed by atoms with van der Waals surface area (Å²) in [5, 5.41) is 0. The molecule has 0 aliphatic heterocycles. The van der Waals surface area contributed by atoms with E-state index in [1.54, 1.807) is 6.20 Å². The SMILES string of the molecule is CCCc1nccc(I)n1. The van der Waals surface area contributed by atoms with E-state index in [1.807, 2.05) is 6.07 Å². The number of aryl methyl sites for hydroxylation is 1. The maximum atomic E-state index is 4.24. The van der Waals surface area contributed by atoms with E-state index in [-0.39, 0.29) is 0 Å². The molecule has 0 spiro atoms. The highest BCUT2D eigenvalue weighted by Crippen LogP contribution is 2.00. The van der Waals surface area contributed by atoms with Gasteiger partial charge in [-0.2, -0.15) is 0 Å². The lowest BCUT2D eigenvalue weighted by molar-refractivity contribution is 0.828. The molecule has 0 aliphatic rings. The summed E-state index contributed by atoms with van der Waals surface area (Å²) in [7, 11) is 0. The first-order valence-electron chi connectivity index (χ1n) is 3.30. The predicted octanol–water partition coefficient (Wildman–Crippen LogP) is 2.03. The van der Waals surface area contributed by atoms with Crippen LogP contribution in [0.3, 0.4) is 0 Å². The van der Waals surface area contributed by atoms with E-state index < -0.39 is 0 Å². The molecule has 1 heterocycles. The maximum Gasteiger partial charge on any atom is 0.129 e. The molecule has 0 radical (unpaired) electrons. The molecular weight excluding hydrogens is 239 g/mol. The fourth-order valence-electron chi connectivity index (χ4n) is 0.718. The lowest BCUT2D eigenvalue weighted by Crippen LogP contribution is -1.94. The van der Waals surface area contributed by atoms with Gasteiger partial charge in [-0.3, -0.25) is 0 Å². The minimum Gasteiger partial charge on any atom is -0.241 e. The van der Waals surface area contributed by atoms with Crippen LogP contribution >= 0.6 is 22.6 Å². The molecule has 1 aromatic heterocycles. The van der Waals surface area contributed by atoms with Gasteiger partial charge in [0.2, 0.25) is 0 Å². The summed E-state index contributed by atoms with van der Waals surface area (Å²) in [5.74, 6) is 0.953. The first kappa shape index (κ1) is 7.91. The number of hydrogen-bond acceptors (Lipinski definition) is 2. The second kappa shape index (κ2) is 3.85. The van der Waals surface area contributed by atoms with E-state index in [0.29, 0.717) is 0 Å². The van der Waals surface area contributed by atoms with Gasteiger partial charge in [-0.05, 0) is 35.1 Å². The summed E-state index contributed by atoms with van der Waals surface area (Å²) in [6.07, 6.45) is 3.90. The molecule has 0 aromatic carbocycles. The van der Waals surface area contributed by atoms with Crippen molar-refractivity contribution in [3.05, 3.63) is 21.8 Å². The standard InChI is InChI=1S/C7H9IN2/c1-2-3-7-9-5-4-6(8)10-7/h4-5H,2-3H2,1H3. The Morgan fingerprint density at radius 1 is 1.60 bits per heavy atom. The van der Waals surface area contributed by atoms with Crippen LogP contribution in [0.15, 0.2) is 12.3 Å². The normalized spacial score (nSPS) is 9.80. The molecule has 2 nitrogen and oxygen atoms in total. The summed E-state index contributed by atoms with van der Waals surface area (Å²) >= 11 is 2.19. The van der Waals surface area contributed by atoms with Gasteiger partial charge in [0.15, 0.2) is 0 Å². The Labute approximate surface area is 74.2 Å². The average Bonchev–Trinajstić information content (AvgIpc) is 1.88. The van der Waals surface area contributed by atoms with Crippen molar-refractivity contribution in [2.75, 3.05) is 0 Å². The second-order valence-electron chi connectivity index (χ2n) is 2.05. The van der Waals surface area contributed by atoms with Crippen molar-refractivity contribution in [2.24, 2.45) is 0 Å². The largest absolute Gasteiger partial charge is 0.241 e. The van der Waals surface area contributed by atoms with E-state index in [2.05, 4.69) is 39.5 Å². The summed E-state index contributed by atoms with van der Waals surface area (Å²) in [6.45, 7) is 2.13. The Bertz CT molecular complexity index is 213. The van der Waals surface area contributed by atoms with Gasteiger partial charge in [-0.15, -0.1) is 0 Å². The number of aromatic nitrogens is 2. The van der Waals surface area contributed by atoms with Crippen molar-refractivity contribution in [2.45, 2.75) is 19.8 Å². The summed E-state index contributed by atoms with van der Waals surface area (Å²) < 4.78 is 1.02. The number of hydrogen-bond donors (Lipinski definition) is 0. The molecule has 54 valence electrons. The number of halogens is 1. The summed E-state index contributed by atoms with van der Waals surface area (Å²) in [5.41, 5.74) is 0. The van der Waals surface area contributed by atoms with Crippen LogP contribution in [0.5, 0.6) is 0 Å². The van der Waals surface area contributed by atoms with Crippen LogP contribution in [0.2, 0.25) is 0 Å². The molecule has 0 saturated carbocycles. The van der Waals surface area contributed by atoms with E-state index in [9.17, 15) is 0 Å². The minimum absolute atomic E-state index is 0.953. The predicted molar refractivity (Wildman–Crippen MR) is 48.7 cm³/mol. The Morgan fingerprint density at radius 2 is 2.40 bits per heavy atom. The molecule has 10 heavy (non-hydrogen) atoms. The summed E-state index contributed by atoms with van der Waals surface area (Å²) in [4.78, 5) is 8.35. The molecular formula is C7H9IN2. The zero-order valence-electron chi connectivity index (χ0n) is 5.84. The van der Waals surface area contributed by atoms with Crippen LogP contribution in [0.4, 0.5) is 0 Å². The third-order valence-electron chi connectivity index (χ3n) is 1.15. The van der Waals surface area contributed by atoms with Crippen molar-refractivity contribution in [3.8, 4) is 0 Å². The second-order valence-corrected chi connectivity index (χ2v) is 3.15. The molecule has 0 fully saturated rings. The number of rotatable bonds is 2. The van der Waals surface area contributed by atoms with Crippen molar-refractivity contribution < 1.29 is 0 Å². The third-order valence-corrected chi connectivity index (χ3v) is 1.75. The third kappa shape index (κ3) is 2.21. The van der Waals surface area contributed by atoms with Crippen LogP contribution in [0.1, 0.15) is 19.2 Å². The zero-order chi connectivity index (χ0) is 7.40. The number of nitrogens with zero attached hydrogens (tertiary/aromatic N) is 2. The fraction of sp³-hybridized carbons (Fsp3) is 0.429. The Morgan fingerprint density at radius 3 is 3.00 bits per heavy atom. The van der Waals surface area contributed by atoms with Crippen LogP contribution in [-0.2, 0) is 6.42 Å². The van der Waals surface area contributed by atoms with Gasteiger partial charge in [0.1, 0.15) is 9.53 Å². The van der Waals surface area contributed by atoms with Crippen molar-refractivity contribution in [1.82, 2.24) is 9.97 Å². The van der Waals surface area contributed by atoms with Gasteiger partial charge in [-0.25, -0.2) is 9.97 Å². The Hall–Kier alpha value is -0.190.